The minimum Gasteiger partial charge on any atom is -0.329 e. The number of aryl methyl sites for hydroxylation is 1. The first-order chi connectivity index (χ1) is 9.19. The molecule has 1 aliphatic carbocycles. The highest BCUT2D eigenvalue weighted by molar-refractivity contribution is 5.27. The summed E-state index contributed by atoms with van der Waals surface area (Å²) in [6.07, 6.45) is 4.05. The number of hydrogen-bond acceptors (Lipinski definition) is 2. The summed E-state index contributed by atoms with van der Waals surface area (Å²) < 4.78 is 14.1. The summed E-state index contributed by atoms with van der Waals surface area (Å²) >= 11 is 0. The van der Waals surface area contributed by atoms with Gasteiger partial charge < -0.3 is 5.73 Å². The number of halogens is 1. The van der Waals surface area contributed by atoms with Gasteiger partial charge in [0.15, 0.2) is 0 Å². The van der Waals surface area contributed by atoms with E-state index in [1.807, 2.05) is 19.1 Å². The Kier molecular flexibility index (Phi) is 3.59. The van der Waals surface area contributed by atoms with E-state index in [-0.39, 0.29) is 11.9 Å². The largest absolute Gasteiger partial charge is 0.329 e. The molecule has 2 nitrogen and oxygen atoms in total. The number of hydrogen-bond donors (Lipinski definition) is 1. The molecule has 0 radical (unpaired) electrons. The van der Waals surface area contributed by atoms with Gasteiger partial charge in [-0.3, -0.25) is 4.90 Å². The Morgan fingerprint density at radius 1 is 1.32 bits per heavy atom. The predicted octanol–water partition coefficient (Wildman–Crippen LogP) is 2.87. The molecule has 0 bridgehead atoms. The average molecular weight is 262 g/mol. The van der Waals surface area contributed by atoms with Crippen molar-refractivity contribution in [3.05, 3.63) is 35.1 Å². The van der Waals surface area contributed by atoms with Gasteiger partial charge in [-0.25, -0.2) is 4.39 Å². The van der Waals surface area contributed by atoms with Gasteiger partial charge in [-0.15, -0.1) is 0 Å². The number of fused-ring (bicyclic) bond motifs is 1. The van der Waals surface area contributed by atoms with Crippen molar-refractivity contribution in [1.82, 2.24) is 4.90 Å². The Hall–Kier alpha value is -0.930. The zero-order valence-corrected chi connectivity index (χ0v) is 11.6. The van der Waals surface area contributed by atoms with Crippen LogP contribution in [-0.2, 0) is 0 Å². The minimum atomic E-state index is -0.113. The third kappa shape index (κ3) is 2.41. The number of nitrogens with two attached hydrogens (primary N) is 1. The summed E-state index contributed by atoms with van der Waals surface area (Å²) in [6, 6.07) is 5.40. The highest BCUT2D eigenvalue weighted by Crippen LogP contribution is 2.41. The fourth-order valence-electron chi connectivity index (χ4n) is 3.92. The lowest BCUT2D eigenvalue weighted by Gasteiger charge is -2.28. The fraction of sp³-hybridized carbons (Fsp3) is 0.625. The maximum atomic E-state index is 14.1. The summed E-state index contributed by atoms with van der Waals surface area (Å²) in [7, 11) is 0. The standard InChI is InChI=1S/C16H23FN2/c1-11-5-6-15(17)14(7-11)16(8-18)19-9-12-3-2-4-13(12)10-19/h5-7,12-13,16H,2-4,8-10,18H2,1H3. The monoisotopic (exact) mass is 262 g/mol. The average Bonchev–Trinajstić information content (AvgIpc) is 2.95. The van der Waals surface area contributed by atoms with E-state index in [1.165, 1.54) is 19.3 Å². The zero-order valence-electron chi connectivity index (χ0n) is 11.6. The SMILES string of the molecule is Cc1ccc(F)c(C(CN)N2CC3CCCC3C2)c1. The van der Waals surface area contributed by atoms with E-state index in [0.717, 1.165) is 36.1 Å². The van der Waals surface area contributed by atoms with Crippen molar-refractivity contribution in [3.8, 4) is 0 Å². The number of nitrogens with zero attached hydrogens (tertiary/aromatic N) is 1. The lowest BCUT2D eigenvalue weighted by atomic mass is 10.0. The van der Waals surface area contributed by atoms with Gasteiger partial charge in [0.25, 0.3) is 0 Å². The molecule has 104 valence electrons. The molecule has 1 saturated heterocycles. The van der Waals surface area contributed by atoms with E-state index in [1.54, 1.807) is 6.07 Å². The molecular formula is C16H23FN2. The van der Waals surface area contributed by atoms with E-state index in [0.29, 0.717) is 6.54 Å². The topological polar surface area (TPSA) is 29.3 Å². The van der Waals surface area contributed by atoms with E-state index in [2.05, 4.69) is 4.90 Å². The van der Waals surface area contributed by atoms with Crippen LogP contribution in [0.25, 0.3) is 0 Å². The van der Waals surface area contributed by atoms with Gasteiger partial charge in [-0.1, -0.05) is 24.1 Å². The van der Waals surface area contributed by atoms with E-state index in [4.69, 9.17) is 5.73 Å². The quantitative estimate of drug-likeness (QED) is 0.907. The van der Waals surface area contributed by atoms with Crippen molar-refractivity contribution >= 4 is 0 Å². The fourth-order valence-corrected chi connectivity index (χ4v) is 3.92. The van der Waals surface area contributed by atoms with Crippen molar-refractivity contribution < 1.29 is 4.39 Å². The maximum Gasteiger partial charge on any atom is 0.128 e. The molecule has 3 heteroatoms. The molecule has 1 heterocycles. The molecule has 1 aromatic carbocycles. The molecule has 3 rings (SSSR count). The zero-order chi connectivity index (χ0) is 13.4. The third-order valence-corrected chi connectivity index (χ3v) is 4.93. The van der Waals surface area contributed by atoms with Crippen LogP contribution in [0.4, 0.5) is 4.39 Å². The molecule has 0 spiro atoms. The molecule has 1 saturated carbocycles. The van der Waals surface area contributed by atoms with Crippen molar-refractivity contribution in [2.24, 2.45) is 17.6 Å². The highest BCUT2D eigenvalue weighted by Gasteiger charge is 2.39. The molecule has 3 atom stereocenters. The van der Waals surface area contributed by atoms with Crippen LogP contribution < -0.4 is 5.73 Å². The van der Waals surface area contributed by atoms with Crippen LogP contribution in [0.3, 0.4) is 0 Å². The summed E-state index contributed by atoms with van der Waals surface area (Å²) in [4.78, 5) is 2.41. The maximum absolute atomic E-state index is 14.1. The molecule has 0 aromatic heterocycles. The molecule has 0 amide bonds. The molecule has 2 N–H and O–H groups in total. The van der Waals surface area contributed by atoms with Crippen molar-refractivity contribution in [2.75, 3.05) is 19.6 Å². The van der Waals surface area contributed by atoms with Crippen LogP contribution >= 0.6 is 0 Å². The van der Waals surface area contributed by atoms with Gasteiger partial charge in [0.05, 0.1) is 0 Å². The van der Waals surface area contributed by atoms with Crippen LogP contribution in [0.1, 0.15) is 36.4 Å². The van der Waals surface area contributed by atoms with Gasteiger partial charge in [0, 0.05) is 31.2 Å². The van der Waals surface area contributed by atoms with Crippen molar-refractivity contribution in [1.29, 1.82) is 0 Å². The van der Waals surface area contributed by atoms with Crippen LogP contribution in [0, 0.1) is 24.6 Å². The second-order valence-corrected chi connectivity index (χ2v) is 6.18. The van der Waals surface area contributed by atoms with Gasteiger partial charge in [0.1, 0.15) is 5.82 Å². The minimum absolute atomic E-state index is 0.0468. The number of rotatable bonds is 3. The molecule has 19 heavy (non-hydrogen) atoms. The molecule has 2 fully saturated rings. The molecule has 1 aliphatic heterocycles. The van der Waals surface area contributed by atoms with Crippen LogP contribution in [0.5, 0.6) is 0 Å². The van der Waals surface area contributed by atoms with E-state index >= 15 is 0 Å². The third-order valence-electron chi connectivity index (χ3n) is 4.93. The van der Waals surface area contributed by atoms with Crippen molar-refractivity contribution in [2.45, 2.75) is 32.2 Å². The second-order valence-electron chi connectivity index (χ2n) is 6.18. The first-order valence-electron chi connectivity index (χ1n) is 7.39. The first kappa shape index (κ1) is 13.1. The Morgan fingerprint density at radius 3 is 2.63 bits per heavy atom. The van der Waals surface area contributed by atoms with Crippen LogP contribution in [0.2, 0.25) is 0 Å². The van der Waals surface area contributed by atoms with Crippen LogP contribution in [-0.4, -0.2) is 24.5 Å². The second kappa shape index (κ2) is 5.22. The van der Waals surface area contributed by atoms with Crippen molar-refractivity contribution in [3.63, 3.8) is 0 Å². The summed E-state index contributed by atoms with van der Waals surface area (Å²) in [5, 5.41) is 0. The van der Waals surface area contributed by atoms with E-state index in [9.17, 15) is 4.39 Å². The molecule has 3 unspecified atom stereocenters. The van der Waals surface area contributed by atoms with Gasteiger partial charge in [-0.05, 0) is 37.7 Å². The first-order valence-corrected chi connectivity index (χ1v) is 7.39. The van der Waals surface area contributed by atoms with Gasteiger partial charge in [-0.2, -0.15) is 0 Å². The summed E-state index contributed by atoms with van der Waals surface area (Å²) in [5.74, 6) is 1.53. The number of benzene rings is 1. The lowest BCUT2D eigenvalue weighted by molar-refractivity contribution is 0.227. The Bertz CT molecular complexity index is 448. The smallest absolute Gasteiger partial charge is 0.128 e. The normalized spacial score (nSPS) is 28.6. The lowest BCUT2D eigenvalue weighted by Crippen LogP contribution is -2.33. The Balaban J connectivity index is 1.83. The Labute approximate surface area is 114 Å². The Morgan fingerprint density at radius 2 is 2.00 bits per heavy atom. The predicted molar refractivity (Wildman–Crippen MR) is 75.3 cm³/mol. The van der Waals surface area contributed by atoms with Gasteiger partial charge in [0.2, 0.25) is 0 Å². The number of likely N-dealkylation sites (tertiary alicyclic amines) is 1. The molecule has 2 aliphatic rings. The molecular weight excluding hydrogens is 239 g/mol. The highest BCUT2D eigenvalue weighted by atomic mass is 19.1. The van der Waals surface area contributed by atoms with Gasteiger partial charge >= 0.3 is 0 Å². The van der Waals surface area contributed by atoms with Crippen LogP contribution in [0.15, 0.2) is 18.2 Å². The summed E-state index contributed by atoms with van der Waals surface area (Å²) in [6.45, 7) is 4.70. The molecule has 1 aromatic rings. The van der Waals surface area contributed by atoms with E-state index < -0.39 is 0 Å². The summed E-state index contributed by atoms with van der Waals surface area (Å²) in [5.41, 5.74) is 7.83.